The molecule has 0 spiro atoms. The van der Waals surface area contributed by atoms with Crippen LogP contribution in [-0.4, -0.2) is 23.5 Å². The lowest BCUT2D eigenvalue weighted by molar-refractivity contribution is -0.143. The van der Waals surface area contributed by atoms with Crippen molar-refractivity contribution in [2.75, 3.05) is 6.54 Å². The lowest BCUT2D eigenvalue weighted by Gasteiger charge is -2.10. The van der Waals surface area contributed by atoms with Crippen molar-refractivity contribution in [2.45, 2.75) is 19.3 Å². The molecule has 0 radical (unpaired) electrons. The minimum atomic E-state index is -0.848. The molecule has 1 aromatic carbocycles. The Balaban J connectivity index is 1.75. The highest BCUT2D eigenvalue weighted by molar-refractivity contribution is 5.81. The zero-order chi connectivity index (χ0) is 14.6. The second kappa shape index (κ2) is 5.86. The molecule has 5 heteroatoms. The molecular weight excluding hydrogens is 261 g/mol. The first kappa shape index (κ1) is 14.2. The average Bonchev–Trinajstić information content (AvgIpc) is 3.20. The fourth-order valence-electron chi connectivity index (χ4n) is 1.83. The van der Waals surface area contributed by atoms with Crippen molar-refractivity contribution < 1.29 is 19.1 Å². The van der Waals surface area contributed by atoms with Crippen LogP contribution in [0.25, 0.3) is 6.08 Å². The molecule has 1 saturated carbocycles. The Bertz CT molecular complexity index is 533. The zero-order valence-corrected chi connectivity index (χ0v) is 10.9. The van der Waals surface area contributed by atoms with E-state index in [0.29, 0.717) is 12.8 Å². The summed E-state index contributed by atoms with van der Waals surface area (Å²) in [5, 5.41) is 11.6. The molecule has 0 bridgehead atoms. The number of aliphatic carboxylic acids is 1. The van der Waals surface area contributed by atoms with E-state index in [9.17, 15) is 14.0 Å². The van der Waals surface area contributed by atoms with Crippen LogP contribution in [0.5, 0.6) is 0 Å². The van der Waals surface area contributed by atoms with Crippen LogP contribution in [0.3, 0.4) is 0 Å². The van der Waals surface area contributed by atoms with Gasteiger partial charge >= 0.3 is 5.97 Å². The maximum Gasteiger partial charge on any atom is 0.311 e. The van der Waals surface area contributed by atoms with E-state index in [1.807, 2.05) is 0 Å². The van der Waals surface area contributed by atoms with Gasteiger partial charge in [0.05, 0.1) is 5.41 Å². The highest BCUT2D eigenvalue weighted by Crippen LogP contribution is 2.45. The van der Waals surface area contributed by atoms with E-state index in [0.717, 1.165) is 5.56 Å². The van der Waals surface area contributed by atoms with Gasteiger partial charge in [0.2, 0.25) is 5.91 Å². The van der Waals surface area contributed by atoms with Gasteiger partial charge < -0.3 is 10.4 Å². The average molecular weight is 277 g/mol. The van der Waals surface area contributed by atoms with Crippen molar-refractivity contribution >= 4 is 18.0 Å². The lowest BCUT2D eigenvalue weighted by Crippen LogP contribution is -2.33. The maximum atomic E-state index is 12.7. The third-order valence-electron chi connectivity index (χ3n) is 3.41. The van der Waals surface area contributed by atoms with E-state index in [-0.39, 0.29) is 24.7 Å². The third-order valence-corrected chi connectivity index (χ3v) is 3.41. The molecule has 1 aromatic rings. The molecule has 2 rings (SSSR count). The summed E-state index contributed by atoms with van der Waals surface area (Å²) in [4.78, 5) is 22.5. The SMILES string of the molecule is O=C(C/C=C/c1ccc(F)cc1)NCC1(C(=O)O)CC1. The molecule has 4 nitrogen and oxygen atoms in total. The Kier molecular flexibility index (Phi) is 4.17. The number of carboxylic acids is 1. The summed E-state index contributed by atoms with van der Waals surface area (Å²) >= 11 is 0. The summed E-state index contributed by atoms with van der Waals surface area (Å²) in [6.07, 6.45) is 4.81. The van der Waals surface area contributed by atoms with Gasteiger partial charge in [-0.05, 0) is 30.5 Å². The molecule has 1 aliphatic rings. The smallest absolute Gasteiger partial charge is 0.311 e. The Morgan fingerprint density at radius 1 is 1.30 bits per heavy atom. The molecule has 0 heterocycles. The van der Waals surface area contributed by atoms with Crippen LogP contribution in [0, 0.1) is 11.2 Å². The Morgan fingerprint density at radius 2 is 1.95 bits per heavy atom. The maximum absolute atomic E-state index is 12.7. The minimum absolute atomic E-state index is 0.174. The Morgan fingerprint density at radius 3 is 2.50 bits per heavy atom. The van der Waals surface area contributed by atoms with Crippen molar-refractivity contribution in [1.82, 2.24) is 5.32 Å². The van der Waals surface area contributed by atoms with Crippen molar-refractivity contribution in [2.24, 2.45) is 5.41 Å². The fourth-order valence-corrected chi connectivity index (χ4v) is 1.83. The van der Waals surface area contributed by atoms with E-state index in [1.54, 1.807) is 24.3 Å². The predicted molar refractivity (Wildman–Crippen MR) is 72.4 cm³/mol. The van der Waals surface area contributed by atoms with Gasteiger partial charge in [-0.1, -0.05) is 24.3 Å². The number of carboxylic acid groups (broad SMARTS) is 1. The van der Waals surface area contributed by atoms with Gasteiger partial charge in [0, 0.05) is 13.0 Å². The number of benzene rings is 1. The Labute approximate surface area is 116 Å². The quantitative estimate of drug-likeness (QED) is 0.837. The first-order valence-corrected chi connectivity index (χ1v) is 6.44. The standard InChI is InChI=1S/C15H16FNO3/c16-12-6-4-11(5-7-12)2-1-3-13(18)17-10-15(8-9-15)14(19)20/h1-2,4-7H,3,8-10H2,(H,17,18)(H,19,20)/b2-1+. The zero-order valence-electron chi connectivity index (χ0n) is 10.9. The first-order chi connectivity index (χ1) is 9.52. The summed E-state index contributed by atoms with van der Waals surface area (Å²) in [6, 6.07) is 5.94. The monoisotopic (exact) mass is 277 g/mol. The van der Waals surface area contributed by atoms with Crippen LogP contribution in [0.4, 0.5) is 4.39 Å². The molecule has 20 heavy (non-hydrogen) atoms. The highest BCUT2D eigenvalue weighted by Gasteiger charge is 2.50. The van der Waals surface area contributed by atoms with E-state index in [1.165, 1.54) is 12.1 Å². The summed E-state index contributed by atoms with van der Waals surface area (Å²) in [7, 11) is 0. The van der Waals surface area contributed by atoms with Crippen molar-refractivity contribution in [3.8, 4) is 0 Å². The van der Waals surface area contributed by atoms with Crippen molar-refractivity contribution in [3.05, 3.63) is 41.7 Å². The van der Waals surface area contributed by atoms with Crippen LogP contribution < -0.4 is 5.32 Å². The highest BCUT2D eigenvalue weighted by atomic mass is 19.1. The fraction of sp³-hybridized carbons (Fsp3) is 0.333. The van der Waals surface area contributed by atoms with E-state index < -0.39 is 11.4 Å². The van der Waals surface area contributed by atoms with Crippen LogP contribution in [-0.2, 0) is 9.59 Å². The number of nitrogens with one attached hydrogen (secondary N) is 1. The van der Waals surface area contributed by atoms with Crippen LogP contribution >= 0.6 is 0 Å². The molecule has 106 valence electrons. The largest absolute Gasteiger partial charge is 0.481 e. The molecule has 0 aromatic heterocycles. The molecule has 0 aliphatic heterocycles. The molecule has 0 unspecified atom stereocenters. The number of halogens is 1. The van der Waals surface area contributed by atoms with E-state index in [2.05, 4.69) is 5.32 Å². The minimum Gasteiger partial charge on any atom is -0.481 e. The van der Waals surface area contributed by atoms with Gasteiger partial charge in [0.15, 0.2) is 0 Å². The first-order valence-electron chi connectivity index (χ1n) is 6.44. The van der Waals surface area contributed by atoms with Crippen molar-refractivity contribution in [1.29, 1.82) is 0 Å². The normalized spacial score (nSPS) is 16.1. The number of amides is 1. The summed E-state index contributed by atoms with van der Waals surface area (Å²) in [5.41, 5.74) is 0.0690. The summed E-state index contributed by atoms with van der Waals surface area (Å²) in [5.74, 6) is -1.36. The molecule has 2 N–H and O–H groups in total. The van der Waals surface area contributed by atoms with Gasteiger partial charge in [-0.2, -0.15) is 0 Å². The molecule has 1 aliphatic carbocycles. The molecule has 0 atom stereocenters. The third kappa shape index (κ3) is 3.66. The van der Waals surface area contributed by atoms with Crippen LogP contribution in [0.1, 0.15) is 24.8 Å². The van der Waals surface area contributed by atoms with Crippen molar-refractivity contribution in [3.63, 3.8) is 0 Å². The lowest BCUT2D eigenvalue weighted by atomic mass is 10.1. The molecule has 1 fully saturated rings. The molecular formula is C15H16FNO3. The number of carbonyl (C=O) groups excluding carboxylic acids is 1. The van der Waals surface area contributed by atoms with E-state index >= 15 is 0 Å². The van der Waals surface area contributed by atoms with Gasteiger partial charge in [0.25, 0.3) is 0 Å². The number of rotatable bonds is 6. The van der Waals surface area contributed by atoms with Crippen LogP contribution in [0.2, 0.25) is 0 Å². The summed E-state index contributed by atoms with van der Waals surface area (Å²) in [6.45, 7) is 0.186. The van der Waals surface area contributed by atoms with E-state index in [4.69, 9.17) is 5.11 Å². The van der Waals surface area contributed by atoms with Gasteiger partial charge in [0.1, 0.15) is 5.82 Å². The predicted octanol–water partition coefficient (Wildman–Crippen LogP) is 2.21. The second-order valence-corrected chi connectivity index (χ2v) is 5.02. The van der Waals surface area contributed by atoms with Gasteiger partial charge in [-0.3, -0.25) is 9.59 Å². The number of hydrogen-bond acceptors (Lipinski definition) is 2. The molecule has 0 saturated heterocycles. The van der Waals surface area contributed by atoms with Gasteiger partial charge in [-0.15, -0.1) is 0 Å². The molecule has 1 amide bonds. The second-order valence-electron chi connectivity index (χ2n) is 5.02. The summed E-state index contributed by atoms with van der Waals surface area (Å²) < 4.78 is 12.7. The van der Waals surface area contributed by atoms with Crippen LogP contribution in [0.15, 0.2) is 30.3 Å². The Hall–Kier alpha value is -2.17. The van der Waals surface area contributed by atoms with Gasteiger partial charge in [-0.25, -0.2) is 4.39 Å². The number of carbonyl (C=O) groups is 2. The number of hydrogen-bond donors (Lipinski definition) is 2. The topological polar surface area (TPSA) is 66.4 Å².